The number of aromatic nitrogens is 3. The molecule has 0 unspecified atom stereocenters. The van der Waals surface area contributed by atoms with Crippen LogP contribution in [0.5, 0.6) is 0 Å². The second-order valence-corrected chi connectivity index (χ2v) is 8.88. The van der Waals surface area contributed by atoms with E-state index in [1.165, 1.54) is 11.1 Å². The number of hydrogen-bond donors (Lipinski definition) is 1. The minimum atomic E-state index is -0.152. The predicted molar refractivity (Wildman–Crippen MR) is 116 cm³/mol. The van der Waals surface area contributed by atoms with Crippen molar-refractivity contribution in [3.63, 3.8) is 0 Å². The summed E-state index contributed by atoms with van der Waals surface area (Å²) in [6.07, 6.45) is 2.50. The van der Waals surface area contributed by atoms with Crippen LogP contribution in [0.25, 0.3) is 0 Å². The van der Waals surface area contributed by atoms with Crippen molar-refractivity contribution in [1.29, 1.82) is 0 Å². The van der Waals surface area contributed by atoms with Gasteiger partial charge in [-0.1, -0.05) is 43.7 Å². The predicted octanol–water partition coefficient (Wildman–Crippen LogP) is 3.19. The second-order valence-electron chi connectivity index (χ2n) is 8.88. The summed E-state index contributed by atoms with van der Waals surface area (Å²) >= 11 is 0. The highest BCUT2D eigenvalue weighted by molar-refractivity contribution is 5.85. The Morgan fingerprint density at radius 2 is 1.83 bits per heavy atom. The molecule has 7 heteroatoms. The molecule has 0 radical (unpaired) electrons. The standard InChI is InChI=1S/C22H31N5O.ClH/c1-16-4-6-18(7-5-16)22(2,3)14-20(28)26-11-8-17(9-12-26)21-25-24-19-15-23-10-13-27(19)21;/h4-7,17,23H,8-15H2,1-3H3;1H. The minimum Gasteiger partial charge on any atom is -0.343 e. The zero-order chi connectivity index (χ0) is 19.7. The molecule has 29 heavy (non-hydrogen) atoms. The minimum absolute atomic E-state index is 0. The van der Waals surface area contributed by atoms with Crippen LogP contribution in [0.1, 0.15) is 61.8 Å². The Labute approximate surface area is 179 Å². The molecule has 4 rings (SSSR count). The van der Waals surface area contributed by atoms with Crippen molar-refractivity contribution in [1.82, 2.24) is 25.0 Å². The number of piperidine rings is 1. The van der Waals surface area contributed by atoms with Gasteiger partial charge in [-0.05, 0) is 30.7 Å². The zero-order valence-electron chi connectivity index (χ0n) is 17.6. The van der Waals surface area contributed by atoms with Crippen molar-refractivity contribution < 1.29 is 4.79 Å². The van der Waals surface area contributed by atoms with Crippen LogP contribution in [-0.4, -0.2) is 45.2 Å². The van der Waals surface area contributed by atoms with Crippen LogP contribution in [0.3, 0.4) is 0 Å². The van der Waals surface area contributed by atoms with Crippen molar-refractivity contribution in [3.05, 3.63) is 47.0 Å². The van der Waals surface area contributed by atoms with Crippen molar-refractivity contribution in [2.75, 3.05) is 19.6 Å². The number of nitrogens with zero attached hydrogens (tertiary/aromatic N) is 4. The number of fused-ring (bicyclic) bond motifs is 1. The summed E-state index contributed by atoms with van der Waals surface area (Å²) in [5.74, 6) is 2.83. The topological polar surface area (TPSA) is 63.1 Å². The normalized spacial score (nSPS) is 17.6. The summed E-state index contributed by atoms with van der Waals surface area (Å²) in [6, 6.07) is 8.56. The molecule has 0 aliphatic carbocycles. The molecule has 158 valence electrons. The van der Waals surface area contributed by atoms with Crippen molar-refractivity contribution in [3.8, 4) is 0 Å². The lowest BCUT2D eigenvalue weighted by molar-refractivity contribution is -0.133. The van der Waals surface area contributed by atoms with Gasteiger partial charge in [0.05, 0.1) is 6.54 Å². The van der Waals surface area contributed by atoms with Gasteiger partial charge in [-0.3, -0.25) is 4.79 Å². The fourth-order valence-corrected chi connectivity index (χ4v) is 4.40. The van der Waals surface area contributed by atoms with Crippen LogP contribution in [0.15, 0.2) is 24.3 Å². The number of carbonyl (C=O) groups excluding carboxylic acids is 1. The summed E-state index contributed by atoms with van der Waals surface area (Å²) in [7, 11) is 0. The van der Waals surface area contributed by atoms with Crippen molar-refractivity contribution in [2.24, 2.45) is 0 Å². The maximum atomic E-state index is 13.0. The zero-order valence-corrected chi connectivity index (χ0v) is 18.5. The van der Waals surface area contributed by atoms with E-state index in [1.807, 2.05) is 4.90 Å². The molecule has 0 spiro atoms. The van der Waals surface area contributed by atoms with Gasteiger partial charge in [-0.15, -0.1) is 22.6 Å². The van der Waals surface area contributed by atoms with E-state index in [0.717, 1.165) is 57.2 Å². The monoisotopic (exact) mass is 417 g/mol. The van der Waals surface area contributed by atoms with Crippen LogP contribution in [-0.2, 0) is 23.3 Å². The molecule has 3 heterocycles. The smallest absolute Gasteiger partial charge is 0.223 e. The molecule has 6 nitrogen and oxygen atoms in total. The number of carbonyl (C=O) groups is 1. The van der Waals surface area contributed by atoms with E-state index in [4.69, 9.17) is 0 Å². The summed E-state index contributed by atoms with van der Waals surface area (Å²) in [6.45, 7) is 10.8. The van der Waals surface area contributed by atoms with Crippen LogP contribution < -0.4 is 5.32 Å². The fraction of sp³-hybridized carbons (Fsp3) is 0.591. The number of aryl methyl sites for hydroxylation is 1. The highest BCUT2D eigenvalue weighted by Crippen LogP contribution is 2.31. The van der Waals surface area contributed by atoms with Gasteiger partial charge >= 0.3 is 0 Å². The number of nitrogens with one attached hydrogen (secondary N) is 1. The molecular weight excluding hydrogens is 386 g/mol. The molecule has 0 bridgehead atoms. The molecule has 0 saturated carbocycles. The van der Waals surface area contributed by atoms with E-state index in [1.54, 1.807) is 0 Å². The Balaban J connectivity index is 0.00000240. The molecule has 1 N–H and O–H groups in total. The van der Waals surface area contributed by atoms with Crippen molar-refractivity contribution >= 4 is 18.3 Å². The van der Waals surface area contributed by atoms with E-state index >= 15 is 0 Å². The van der Waals surface area contributed by atoms with Gasteiger partial charge in [0, 0.05) is 38.5 Å². The summed E-state index contributed by atoms with van der Waals surface area (Å²) in [4.78, 5) is 15.0. The van der Waals surface area contributed by atoms with Gasteiger partial charge in [0.15, 0.2) is 0 Å². The fourth-order valence-electron chi connectivity index (χ4n) is 4.40. The number of rotatable bonds is 4. The van der Waals surface area contributed by atoms with Gasteiger partial charge in [0.1, 0.15) is 11.6 Å². The molecule has 1 saturated heterocycles. The third-order valence-electron chi connectivity index (χ3n) is 6.29. The highest BCUT2D eigenvalue weighted by atomic mass is 35.5. The summed E-state index contributed by atoms with van der Waals surface area (Å²) in [5.41, 5.74) is 2.32. The number of hydrogen-bond acceptors (Lipinski definition) is 4. The molecule has 2 aliphatic rings. The van der Waals surface area contributed by atoms with Crippen LogP contribution >= 0.6 is 12.4 Å². The van der Waals surface area contributed by atoms with E-state index in [2.05, 4.69) is 65.1 Å². The third kappa shape index (κ3) is 4.64. The number of halogens is 1. The van der Waals surface area contributed by atoms with Crippen LogP contribution in [0, 0.1) is 6.92 Å². The van der Waals surface area contributed by atoms with E-state index in [0.29, 0.717) is 12.3 Å². The lowest BCUT2D eigenvalue weighted by atomic mass is 9.80. The lowest BCUT2D eigenvalue weighted by Crippen LogP contribution is -2.41. The summed E-state index contributed by atoms with van der Waals surface area (Å²) < 4.78 is 2.28. The maximum absolute atomic E-state index is 13.0. The molecule has 1 aromatic carbocycles. The lowest BCUT2D eigenvalue weighted by Gasteiger charge is -2.34. The Morgan fingerprint density at radius 1 is 1.14 bits per heavy atom. The van der Waals surface area contributed by atoms with Gasteiger partial charge in [-0.2, -0.15) is 0 Å². The third-order valence-corrected chi connectivity index (χ3v) is 6.29. The molecular formula is C22H32ClN5O. The van der Waals surface area contributed by atoms with E-state index in [-0.39, 0.29) is 23.7 Å². The van der Waals surface area contributed by atoms with Gasteiger partial charge in [0.25, 0.3) is 0 Å². The molecule has 1 amide bonds. The molecule has 2 aliphatic heterocycles. The van der Waals surface area contributed by atoms with E-state index in [9.17, 15) is 4.79 Å². The van der Waals surface area contributed by atoms with Crippen molar-refractivity contribution in [2.45, 2.75) is 64.5 Å². The molecule has 1 fully saturated rings. The average Bonchev–Trinajstić information content (AvgIpc) is 3.12. The van der Waals surface area contributed by atoms with Crippen LogP contribution in [0.2, 0.25) is 0 Å². The Kier molecular flexibility index (Phi) is 6.64. The molecule has 2 aromatic rings. The number of benzene rings is 1. The van der Waals surface area contributed by atoms with Gasteiger partial charge < -0.3 is 14.8 Å². The Hall–Kier alpha value is -1.92. The highest BCUT2D eigenvalue weighted by Gasteiger charge is 2.31. The quantitative estimate of drug-likeness (QED) is 0.829. The first kappa shape index (κ1) is 21.8. The largest absolute Gasteiger partial charge is 0.343 e. The Bertz CT molecular complexity index is 837. The Morgan fingerprint density at radius 3 is 2.52 bits per heavy atom. The molecule has 0 atom stereocenters. The second kappa shape index (κ2) is 8.84. The maximum Gasteiger partial charge on any atom is 0.223 e. The first-order valence-corrected chi connectivity index (χ1v) is 10.4. The van der Waals surface area contributed by atoms with E-state index < -0.39 is 0 Å². The molecule has 1 aromatic heterocycles. The first-order chi connectivity index (χ1) is 13.4. The average molecular weight is 418 g/mol. The number of likely N-dealkylation sites (tertiary alicyclic amines) is 1. The summed E-state index contributed by atoms with van der Waals surface area (Å²) in [5, 5.41) is 12.2. The first-order valence-electron chi connectivity index (χ1n) is 10.4. The van der Waals surface area contributed by atoms with Gasteiger partial charge in [0.2, 0.25) is 5.91 Å². The van der Waals surface area contributed by atoms with Gasteiger partial charge in [-0.25, -0.2) is 0 Å². The SMILES string of the molecule is Cc1ccc(C(C)(C)CC(=O)N2CCC(c3nnc4n3CCNC4)CC2)cc1.Cl. The number of amides is 1. The van der Waals surface area contributed by atoms with Crippen LogP contribution in [0.4, 0.5) is 0 Å².